The summed E-state index contributed by atoms with van der Waals surface area (Å²) >= 11 is 0. The number of hydrogen-bond donors (Lipinski definition) is 1. The first-order chi connectivity index (χ1) is 14.7. The number of aliphatic hydroxyl groups is 1. The fourth-order valence-corrected chi connectivity index (χ4v) is 8.42. The number of epoxide rings is 1. The van der Waals surface area contributed by atoms with Gasteiger partial charge in [0.15, 0.2) is 0 Å². The van der Waals surface area contributed by atoms with E-state index in [1.807, 2.05) is 0 Å². The molecule has 1 heterocycles. The van der Waals surface area contributed by atoms with E-state index in [-0.39, 0.29) is 17.1 Å². The van der Waals surface area contributed by atoms with Crippen molar-refractivity contribution in [2.75, 3.05) is 0 Å². The van der Waals surface area contributed by atoms with E-state index < -0.39 is 0 Å². The minimum Gasteiger partial charge on any atom is -0.393 e. The molecule has 4 aliphatic rings. The van der Waals surface area contributed by atoms with Crippen molar-refractivity contribution in [2.45, 2.75) is 124 Å². The predicted octanol–water partition coefficient (Wildman–Crippen LogP) is 7.40. The van der Waals surface area contributed by atoms with Crippen molar-refractivity contribution in [1.29, 1.82) is 0 Å². The zero-order chi connectivity index (χ0) is 22.4. The number of ether oxygens (including phenoxy) is 1. The van der Waals surface area contributed by atoms with Crippen molar-refractivity contribution >= 4 is 0 Å². The summed E-state index contributed by atoms with van der Waals surface area (Å²) in [6.07, 6.45) is 17.7. The lowest BCUT2D eigenvalue weighted by Crippen LogP contribution is -2.54. The van der Waals surface area contributed by atoms with Gasteiger partial charge in [-0.25, -0.2) is 0 Å². The van der Waals surface area contributed by atoms with E-state index in [1.54, 1.807) is 0 Å². The van der Waals surface area contributed by atoms with E-state index >= 15 is 0 Å². The quantitative estimate of drug-likeness (QED) is 0.352. The molecule has 2 nitrogen and oxygen atoms in total. The van der Waals surface area contributed by atoms with E-state index in [2.05, 4.69) is 53.7 Å². The number of hydrogen-bond acceptors (Lipinski definition) is 2. The summed E-state index contributed by atoms with van der Waals surface area (Å²) in [6.45, 7) is 14.8. The third-order valence-corrected chi connectivity index (χ3v) is 10.8. The van der Waals surface area contributed by atoms with Gasteiger partial charge in [-0.1, -0.05) is 73.0 Å². The Hall–Kier alpha value is -0.340. The van der Waals surface area contributed by atoms with Gasteiger partial charge >= 0.3 is 0 Å². The van der Waals surface area contributed by atoms with Gasteiger partial charge in [-0.3, -0.25) is 0 Å². The van der Waals surface area contributed by atoms with Crippen LogP contribution in [-0.4, -0.2) is 22.9 Å². The Morgan fingerprint density at radius 2 is 1.90 bits per heavy atom. The Morgan fingerprint density at radius 1 is 1.13 bits per heavy atom. The third-order valence-electron chi connectivity index (χ3n) is 10.8. The predicted molar refractivity (Wildman–Crippen MR) is 130 cm³/mol. The molecule has 0 aromatic carbocycles. The minimum absolute atomic E-state index is 0.00430. The highest BCUT2D eigenvalue weighted by atomic mass is 16.6. The van der Waals surface area contributed by atoms with Gasteiger partial charge in [-0.05, 0) is 80.0 Å². The molecule has 3 aliphatic carbocycles. The summed E-state index contributed by atoms with van der Waals surface area (Å²) in [5.41, 5.74) is 0.247. The maximum atomic E-state index is 10.4. The van der Waals surface area contributed by atoms with Crippen LogP contribution in [0.5, 0.6) is 0 Å². The standard InChI is InChI=1S/C29H50O2/c1-7-22(19(2)3)13-11-20(4)25-10-8-9-23-17-27-29(31-27)18-24(30)15-16-28(29,6)26(23)14-12-21(25)5/h8-9,19-27,30H,7,10-18H2,1-6H3/b9-8-/t20-,21-,22-,23-,24-,25-,26+,27-,28-,29-/m1/s1. The molecule has 1 N–H and O–H groups in total. The topological polar surface area (TPSA) is 32.8 Å². The second kappa shape index (κ2) is 9.13. The highest BCUT2D eigenvalue weighted by Gasteiger charge is 2.73. The first-order valence-corrected chi connectivity index (χ1v) is 13.7. The summed E-state index contributed by atoms with van der Waals surface area (Å²) in [6, 6.07) is 0. The first-order valence-electron chi connectivity index (χ1n) is 13.7. The summed E-state index contributed by atoms with van der Waals surface area (Å²) in [5, 5.41) is 10.4. The van der Waals surface area contributed by atoms with Crippen LogP contribution < -0.4 is 0 Å². The Morgan fingerprint density at radius 3 is 2.61 bits per heavy atom. The van der Waals surface area contributed by atoms with Crippen LogP contribution in [-0.2, 0) is 4.74 Å². The molecule has 3 fully saturated rings. The lowest BCUT2D eigenvalue weighted by atomic mass is 9.51. The average Bonchev–Trinajstić information content (AvgIpc) is 3.40. The van der Waals surface area contributed by atoms with E-state index in [9.17, 15) is 5.11 Å². The molecule has 1 spiro atoms. The highest BCUT2D eigenvalue weighted by molar-refractivity contribution is 5.23. The Labute approximate surface area is 192 Å². The van der Waals surface area contributed by atoms with Crippen LogP contribution in [0.25, 0.3) is 0 Å². The SMILES string of the molecule is CC[C@H](CC[C@@H](C)[C@H]1C/C=C\[C@@H]2C[C@H]3O[C@]34C[C@H](O)CC[C@]4(C)[C@H]2CC[C@H]1C)C(C)C. The van der Waals surface area contributed by atoms with Crippen LogP contribution in [0.4, 0.5) is 0 Å². The maximum Gasteiger partial charge on any atom is 0.103 e. The first kappa shape index (κ1) is 23.8. The molecule has 1 aliphatic heterocycles. The smallest absolute Gasteiger partial charge is 0.103 e. The number of aliphatic hydroxyl groups excluding tert-OH is 1. The van der Waals surface area contributed by atoms with Gasteiger partial charge in [-0.2, -0.15) is 0 Å². The van der Waals surface area contributed by atoms with E-state index in [0.29, 0.717) is 12.0 Å². The van der Waals surface area contributed by atoms with E-state index in [1.165, 1.54) is 44.9 Å². The maximum absolute atomic E-state index is 10.4. The zero-order valence-corrected chi connectivity index (χ0v) is 21.3. The number of rotatable bonds is 6. The molecule has 0 bridgehead atoms. The molecule has 0 amide bonds. The lowest BCUT2D eigenvalue weighted by Gasteiger charge is -2.52. The summed E-state index contributed by atoms with van der Waals surface area (Å²) in [4.78, 5) is 0. The number of fused-ring (bicyclic) bond motifs is 2. The minimum atomic E-state index is -0.150. The van der Waals surface area contributed by atoms with Crippen LogP contribution in [0.15, 0.2) is 12.2 Å². The molecular weight excluding hydrogens is 380 g/mol. The molecule has 2 saturated carbocycles. The van der Waals surface area contributed by atoms with Crippen LogP contribution >= 0.6 is 0 Å². The van der Waals surface area contributed by atoms with Crippen molar-refractivity contribution in [3.05, 3.63) is 12.2 Å². The monoisotopic (exact) mass is 430 g/mol. The van der Waals surface area contributed by atoms with Gasteiger partial charge in [0.05, 0.1) is 12.2 Å². The molecule has 0 unspecified atom stereocenters. The van der Waals surface area contributed by atoms with E-state index in [0.717, 1.165) is 54.8 Å². The van der Waals surface area contributed by atoms with Gasteiger partial charge in [0.2, 0.25) is 0 Å². The molecule has 1 saturated heterocycles. The van der Waals surface area contributed by atoms with Crippen LogP contribution in [0, 0.1) is 46.8 Å². The third kappa shape index (κ3) is 4.30. The molecule has 0 aromatic heterocycles. The summed E-state index contributed by atoms with van der Waals surface area (Å²) in [7, 11) is 0. The lowest BCUT2D eigenvalue weighted by molar-refractivity contribution is -0.0614. The van der Waals surface area contributed by atoms with Crippen molar-refractivity contribution in [3.8, 4) is 0 Å². The van der Waals surface area contributed by atoms with Gasteiger partial charge in [-0.15, -0.1) is 0 Å². The number of allylic oxidation sites excluding steroid dienone is 2. The van der Waals surface area contributed by atoms with Crippen molar-refractivity contribution in [3.63, 3.8) is 0 Å². The molecule has 31 heavy (non-hydrogen) atoms. The normalized spacial score (nSPS) is 47.7. The Balaban J connectivity index is 1.45. The summed E-state index contributed by atoms with van der Waals surface area (Å²) in [5.74, 6) is 5.53. The van der Waals surface area contributed by atoms with Gasteiger partial charge < -0.3 is 9.84 Å². The molecular formula is C29H50O2. The zero-order valence-electron chi connectivity index (χ0n) is 21.3. The van der Waals surface area contributed by atoms with Gasteiger partial charge in [0, 0.05) is 11.8 Å². The second-order valence-electron chi connectivity index (χ2n) is 12.7. The molecule has 2 heteroatoms. The van der Waals surface area contributed by atoms with Crippen molar-refractivity contribution in [2.24, 2.45) is 46.8 Å². The highest BCUT2D eigenvalue weighted by Crippen LogP contribution is 2.69. The fraction of sp³-hybridized carbons (Fsp3) is 0.931. The Kier molecular flexibility index (Phi) is 7.01. The Bertz CT molecular complexity index is 641. The molecule has 10 atom stereocenters. The molecule has 0 aromatic rings. The van der Waals surface area contributed by atoms with Crippen LogP contribution in [0.3, 0.4) is 0 Å². The molecule has 0 radical (unpaired) electrons. The van der Waals surface area contributed by atoms with Crippen LogP contribution in [0.2, 0.25) is 0 Å². The van der Waals surface area contributed by atoms with Gasteiger partial charge in [0.1, 0.15) is 5.60 Å². The van der Waals surface area contributed by atoms with E-state index in [4.69, 9.17) is 4.74 Å². The van der Waals surface area contributed by atoms with Gasteiger partial charge in [0.25, 0.3) is 0 Å². The fourth-order valence-electron chi connectivity index (χ4n) is 8.42. The average molecular weight is 431 g/mol. The molecule has 178 valence electrons. The second-order valence-corrected chi connectivity index (χ2v) is 12.7. The molecule has 4 rings (SSSR count). The van der Waals surface area contributed by atoms with Crippen molar-refractivity contribution in [1.82, 2.24) is 0 Å². The largest absolute Gasteiger partial charge is 0.393 e. The summed E-state index contributed by atoms with van der Waals surface area (Å²) < 4.78 is 6.42. The van der Waals surface area contributed by atoms with Crippen LogP contribution in [0.1, 0.15) is 106 Å². The van der Waals surface area contributed by atoms with Crippen molar-refractivity contribution < 1.29 is 9.84 Å².